The van der Waals surface area contributed by atoms with Crippen molar-refractivity contribution in [1.82, 2.24) is 4.90 Å². The molecule has 0 radical (unpaired) electrons. The van der Waals surface area contributed by atoms with Crippen LogP contribution in [0.1, 0.15) is 28.6 Å². The van der Waals surface area contributed by atoms with E-state index in [1.54, 1.807) is 35.2 Å². The summed E-state index contributed by atoms with van der Waals surface area (Å²) in [4.78, 5) is 27.2. The lowest BCUT2D eigenvalue weighted by atomic mass is 10.1. The van der Waals surface area contributed by atoms with Gasteiger partial charge in [0.1, 0.15) is 4.32 Å². The minimum Gasteiger partial charge on any atom is -0.490 e. The van der Waals surface area contributed by atoms with Crippen molar-refractivity contribution in [2.75, 3.05) is 6.61 Å². The Morgan fingerprint density at radius 3 is 2.66 bits per heavy atom. The van der Waals surface area contributed by atoms with Gasteiger partial charge in [-0.15, -0.1) is 0 Å². The van der Waals surface area contributed by atoms with Crippen LogP contribution in [0.4, 0.5) is 0 Å². The topological polar surface area (TPSA) is 69.0 Å². The molecule has 0 saturated carbocycles. The molecular weight excluding hydrogens is 446 g/mol. The van der Waals surface area contributed by atoms with Crippen LogP contribution >= 0.6 is 24.0 Å². The second-order valence-electron chi connectivity index (χ2n) is 6.76. The Hall–Kier alpha value is -3.36. The van der Waals surface area contributed by atoms with Crippen LogP contribution in [0.2, 0.25) is 0 Å². The van der Waals surface area contributed by atoms with Crippen molar-refractivity contribution in [1.29, 1.82) is 0 Å². The third kappa shape index (κ3) is 4.92. The summed E-state index contributed by atoms with van der Waals surface area (Å²) < 4.78 is 16.6. The number of carbonyl (C=O) groups is 2. The number of hydrogen-bond donors (Lipinski definition) is 0. The van der Waals surface area contributed by atoms with E-state index in [0.29, 0.717) is 28.1 Å². The number of carbonyl (C=O) groups excluding carboxylic acids is 2. The molecule has 1 aromatic heterocycles. The minimum atomic E-state index is -0.620. The molecular formula is C24H19NO5S2. The first-order chi connectivity index (χ1) is 15.5. The quantitative estimate of drug-likeness (QED) is 0.203. The maximum atomic E-state index is 12.9. The van der Waals surface area contributed by atoms with Crippen molar-refractivity contribution in [3.8, 4) is 11.5 Å². The van der Waals surface area contributed by atoms with Gasteiger partial charge in [-0.3, -0.25) is 9.69 Å². The van der Waals surface area contributed by atoms with Crippen molar-refractivity contribution in [2.45, 2.75) is 13.5 Å². The van der Waals surface area contributed by atoms with Gasteiger partial charge in [0.05, 0.1) is 24.3 Å². The predicted molar refractivity (Wildman–Crippen MR) is 126 cm³/mol. The van der Waals surface area contributed by atoms with Gasteiger partial charge in [-0.05, 0) is 48.4 Å². The number of esters is 1. The zero-order valence-electron chi connectivity index (χ0n) is 17.1. The largest absolute Gasteiger partial charge is 0.490 e. The molecule has 2 aromatic carbocycles. The Labute approximate surface area is 194 Å². The fourth-order valence-electron chi connectivity index (χ4n) is 3.07. The zero-order valence-corrected chi connectivity index (χ0v) is 18.8. The van der Waals surface area contributed by atoms with Gasteiger partial charge in [-0.25, -0.2) is 4.79 Å². The first-order valence-electron chi connectivity index (χ1n) is 9.87. The van der Waals surface area contributed by atoms with E-state index < -0.39 is 5.97 Å². The van der Waals surface area contributed by atoms with Crippen LogP contribution in [0.3, 0.4) is 0 Å². The summed E-state index contributed by atoms with van der Waals surface area (Å²) in [5, 5.41) is 0. The van der Waals surface area contributed by atoms with Crippen LogP contribution in [-0.2, 0) is 11.3 Å². The van der Waals surface area contributed by atoms with Gasteiger partial charge in [0.2, 0.25) is 5.76 Å². The van der Waals surface area contributed by atoms with E-state index in [9.17, 15) is 9.59 Å². The number of benzene rings is 2. The van der Waals surface area contributed by atoms with Crippen molar-refractivity contribution in [3.05, 3.63) is 88.7 Å². The molecule has 1 saturated heterocycles. The normalized spacial score (nSPS) is 14.8. The van der Waals surface area contributed by atoms with E-state index in [-0.39, 0.29) is 17.4 Å². The molecule has 1 amide bonds. The molecule has 162 valence electrons. The number of hydrogen-bond acceptors (Lipinski definition) is 7. The van der Waals surface area contributed by atoms with Gasteiger partial charge in [0.25, 0.3) is 5.91 Å². The third-order valence-corrected chi connectivity index (χ3v) is 5.93. The number of thiocarbonyl (C=S) groups is 1. The van der Waals surface area contributed by atoms with E-state index in [0.717, 1.165) is 11.1 Å². The summed E-state index contributed by atoms with van der Waals surface area (Å²) in [6.07, 6.45) is 3.15. The van der Waals surface area contributed by atoms with E-state index in [1.165, 1.54) is 24.1 Å². The number of nitrogens with zero attached hydrogens (tertiary/aromatic N) is 1. The minimum absolute atomic E-state index is 0.0959. The summed E-state index contributed by atoms with van der Waals surface area (Å²) in [6, 6.07) is 17.9. The molecule has 2 heterocycles. The molecule has 3 aromatic rings. The highest BCUT2D eigenvalue weighted by molar-refractivity contribution is 8.26. The Kier molecular flexibility index (Phi) is 6.72. The maximum absolute atomic E-state index is 12.9. The lowest BCUT2D eigenvalue weighted by Gasteiger charge is -2.14. The summed E-state index contributed by atoms with van der Waals surface area (Å²) in [5.74, 6) is -0.0119. The second-order valence-corrected chi connectivity index (χ2v) is 8.44. The highest BCUT2D eigenvalue weighted by Gasteiger charge is 2.32. The maximum Gasteiger partial charge on any atom is 0.379 e. The average molecular weight is 466 g/mol. The van der Waals surface area contributed by atoms with Crippen molar-refractivity contribution in [2.24, 2.45) is 0 Å². The van der Waals surface area contributed by atoms with E-state index in [4.69, 9.17) is 26.1 Å². The van der Waals surface area contributed by atoms with E-state index >= 15 is 0 Å². The van der Waals surface area contributed by atoms with Crippen LogP contribution in [0, 0.1) is 0 Å². The van der Waals surface area contributed by atoms with Crippen LogP contribution in [0.25, 0.3) is 6.08 Å². The molecule has 32 heavy (non-hydrogen) atoms. The summed E-state index contributed by atoms with van der Waals surface area (Å²) in [7, 11) is 0. The lowest BCUT2D eigenvalue weighted by molar-refractivity contribution is -0.122. The average Bonchev–Trinajstić information content (AvgIpc) is 3.42. The van der Waals surface area contributed by atoms with Crippen molar-refractivity contribution < 1.29 is 23.5 Å². The number of thioether (sulfide) groups is 1. The molecule has 1 aliphatic heterocycles. The predicted octanol–water partition coefficient (Wildman–Crippen LogP) is 5.30. The summed E-state index contributed by atoms with van der Waals surface area (Å²) in [5.41, 5.74) is 1.73. The van der Waals surface area contributed by atoms with Crippen LogP contribution < -0.4 is 9.47 Å². The van der Waals surface area contributed by atoms with E-state index in [2.05, 4.69) is 0 Å². The standard InChI is InChI=1S/C24H19NO5S2/c1-2-28-20-13-17(10-11-18(20)30-23(27)19-9-6-12-29-19)14-21-22(26)25(24(31)32-21)15-16-7-4-3-5-8-16/h3-14H,2,15H2,1H3. The SMILES string of the molecule is CCOc1cc(C=C2SC(=S)N(Cc3ccccc3)C2=O)ccc1OC(=O)c1ccco1. The van der Waals surface area contributed by atoms with Crippen molar-refractivity contribution in [3.63, 3.8) is 0 Å². The monoisotopic (exact) mass is 465 g/mol. The smallest absolute Gasteiger partial charge is 0.379 e. The number of amides is 1. The van der Waals surface area contributed by atoms with Gasteiger partial charge in [0.15, 0.2) is 11.5 Å². The van der Waals surface area contributed by atoms with Gasteiger partial charge in [-0.2, -0.15) is 0 Å². The molecule has 0 aliphatic carbocycles. The van der Waals surface area contributed by atoms with Gasteiger partial charge < -0.3 is 13.9 Å². The summed E-state index contributed by atoms with van der Waals surface area (Å²) in [6.45, 7) is 2.64. The second kappa shape index (κ2) is 9.84. The van der Waals surface area contributed by atoms with Gasteiger partial charge in [-0.1, -0.05) is 60.4 Å². The highest BCUT2D eigenvalue weighted by Crippen LogP contribution is 2.35. The highest BCUT2D eigenvalue weighted by atomic mass is 32.2. The Balaban J connectivity index is 1.54. The fourth-order valence-corrected chi connectivity index (χ4v) is 4.32. The van der Waals surface area contributed by atoms with Crippen molar-refractivity contribution >= 4 is 46.3 Å². The Bertz CT molecular complexity index is 1170. The van der Waals surface area contributed by atoms with E-state index in [1.807, 2.05) is 37.3 Å². The van der Waals surface area contributed by atoms with Crippen LogP contribution in [0.15, 0.2) is 76.2 Å². The lowest BCUT2D eigenvalue weighted by Crippen LogP contribution is -2.27. The fraction of sp³-hybridized carbons (Fsp3) is 0.125. The van der Waals surface area contributed by atoms with Gasteiger partial charge >= 0.3 is 5.97 Å². The molecule has 6 nitrogen and oxygen atoms in total. The molecule has 0 N–H and O–H groups in total. The first-order valence-corrected chi connectivity index (χ1v) is 11.1. The Morgan fingerprint density at radius 1 is 1.12 bits per heavy atom. The molecule has 0 atom stereocenters. The van der Waals surface area contributed by atoms with Crippen LogP contribution in [-0.4, -0.2) is 27.7 Å². The molecule has 8 heteroatoms. The number of rotatable bonds is 7. The molecule has 0 spiro atoms. The first kappa shape index (κ1) is 21.9. The molecule has 1 aliphatic rings. The number of furan rings is 1. The summed E-state index contributed by atoms with van der Waals surface area (Å²) >= 11 is 6.68. The molecule has 0 bridgehead atoms. The van der Waals surface area contributed by atoms with Crippen LogP contribution in [0.5, 0.6) is 11.5 Å². The zero-order chi connectivity index (χ0) is 22.5. The third-order valence-electron chi connectivity index (χ3n) is 4.55. The molecule has 4 rings (SSSR count). The molecule has 0 unspecified atom stereocenters. The number of ether oxygens (including phenoxy) is 2. The Morgan fingerprint density at radius 2 is 1.94 bits per heavy atom. The van der Waals surface area contributed by atoms with Gasteiger partial charge in [0, 0.05) is 0 Å². The molecule has 1 fully saturated rings.